The minimum atomic E-state index is -0.0689. The zero-order chi connectivity index (χ0) is 11.0. The van der Waals surface area contributed by atoms with Gasteiger partial charge in [0.2, 0.25) is 5.91 Å². The number of carbonyl (C=O) groups is 1. The molecule has 2 aliphatic rings. The van der Waals surface area contributed by atoms with Crippen molar-refractivity contribution in [2.24, 2.45) is 17.8 Å². The molecule has 0 heterocycles. The second-order valence-corrected chi connectivity index (χ2v) is 4.87. The van der Waals surface area contributed by atoms with E-state index in [0.717, 1.165) is 12.8 Å². The molecular formula is C12H19NO2. The molecule has 0 aliphatic heterocycles. The van der Waals surface area contributed by atoms with Crippen molar-refractivity contribution >= 4 is 5.91 Å². The van der Waals surface area contributed by atoms with Crippen LogP contribution in [0.15, 0.2) is 12.2 Å². The van der Waals surface area contributed by atoms with E-state index in [1.54, 1.807) is 11.9 Å². The lowest BCUT2D eigenvalue weighted by Crippen LogP contribution is -2.42. The van der Waals surface area contributed by atoms with E-state index >= 15 is 0 Å². The Morgan fingerprint density at radius 1 is 1.53 bits per heavy atom. The third kappa shape index (κ3) is 1.81. The van der Waals surface area contributed by atoms with E-state index in [1.807, 2.05) is 6.92 Å². The summed E-state index contributed by atoms with van der Waals surface area (Å²) in [4.78, 5) is 13.8. The molecule has 0 saturated heterocycles. The van der Waals surface area contributed by atoms with E-state index in [0.29, 0.717) is 11.8 Å². The van der Waals surface area contributed by atoms with Crippen LogP contribution in [0.3, 0.4) is 0 Å². The molecule has 0 aromatic heterocycles. The average Bonchev–Trinajstić information content (AvgIpc) is 2.87. The molecule has 0 radical (unpaired) electrons. The SMILES string of the molecule is CC(CO)N(C)C(=O)C1CC2C=CC1C2. The van der Waals surface area contributed by atoms with E-state index in [4.69, 9.17) is 5.11 Å². The van der Waals surface area contributed by atoms with Crippen LogP contribution in [-0.2, 0) is 4.79 Å². The second kappa shape index (κ2) is 3.97. The summed E-state index contributed by atoms with van der Waals surface area (Å²) in [5.41, 5.74) is 0. The summed E-state index contributed by atoms with van der Waals surface area (Å²) < 4.78 is 0. The maximum absolute atomic E-state index is 12.1. The normalized spacial score (nSPS) is 34.5. The largest absolute Gasteiger partial charge is 0.394 e. The molecule has 84 valence electrons. The van der Waals surface area contributed by atoms with Gasteiger partial charge in [0.25, 0.3) is 0 Å². The van der Waals surface area contributed by atoms with Gasteiger partial charge >= 0.3 is 0 Å². The fourth-order valence-corrected chi connectivity index (χ4v) is 2.67. The van der Waals surface area contributed by atoms with Crippen LogP contribution in [-0.4, -0.2) is 35.6 Å². The van der Waals surface area contributed by atoms with Gasteiger partial charge in [-0.25, -0.2) is 0 Å². The summed E-state index contributed by atoms with van der Waals surface area (Å²) in [6, 6.07) is -0.0689. The first kappa shape index (κ1) is 10.7. The van der Waals surface area contributed by atoms with Crippen molar-refractivity contribution in [2.45, 2.75) is 25.8 Å². The van der Waals surface area contributed by atoms with Gasteiger partial charge in [0.05, 0.1) is 12.6 Å². The van der Waals surface area contributed by atoms with Gasteiger partial charge in [0, 0.05) is 13.0 Å². The standard InChI is InChI=1S/C12H19NO2/c1-8(7-14)13(2)12(15)11-6-9-3-4-10(11)5-9/h3-4,8-11,14H,5-7H2,1-2H3. The van der Waals surface area contributed by atoms with Gasteiger partial charge in [0.1, 0.15) is 0 Å². The zero-order valence-corrected chi connectivity index (χ0v) is 9.39. The Kier molecular flexibility index (Phi) is 2.83. The van der Waals surface area contributed by atoms with Crippen LogP contribution >= 0.6 is 0 Å². The Morgan fingerprint density at radius 3 is 2.73 bits per heavy atom. The van der Waals surface area contributed by atoms with E-state index in [-0.39, 0.29) is 24.5 Å². The predicted octanol–water partition coefficient (Wildman–Crippen LogP) is 1.04. The Balaban J connectivity index is 2.00. The number of likely N-dealkylation sites (N-methyl/N-ethyl adjacent to an activating group) is 1. The van der Waals surface area contributed by atoms with Crippen molar-refractivity contribution < 1.29 is 9.90 Å². The van der Waals surface area contributed by atoms with Crippen molar-refractivity contribution in [3.63, 3.8) is 0 Å². The summed E-state index contributed by atoms with van der Waals surface area (Å²) in [6.07, 6.45) is 6.58. The number of nitrogens with zero attached hydrogens (tertiary/aromatic N) is 1. The van der Waals surface area contributed by atoms with Gasteiger partial charge in [-0.15, -0.1) is 0 Å². The van der Waals surface area contributed by atoms with Crippen LogP contribution in [0, 0.1) is 17.8 Å². The molecule has 1 saturated carbocycles. The maximum atomic E-state index is 12.1. The van der Waals surface area contributed by atoms with Crippen LogP contribution in [0.5, 0.6) is 0 Å². The highest BCUT2D eigenvalue weighted by atomic mass is 16.3. The summed E-state index contributed by atoms with van der Waals surface area (Å²) in [5.74, 6) is 1.45. The highest BCUT2D eigenvalue weighted by Gasteiger charge is 2.41. The number of aliphatic hydroxyl groups excluding tert-OH is 1. The summed E-state index contributed by atoms with van der Waals surface area (Å²) in [6.45, 7) is 1.92. The molecule has 0 aromatic carbocycles. The van der Waals surface area contributed by atoms with Crippen molar-refractivity contribution in [3.8, 4) is 0 Å². The molecule has 2 bridgehead atoms. The maximum Gasteiger partial charge on any atom is 0.226 e. The molecule has 1 fully saturated rings. The number of hydrogen-bond donors (Lipinski definition) is 1. The molecule has 1 N–H and O–H groups in total. The fraction of sp³-hybridized carbons (Fsp3) is 0.750. The van der Waals surface area contributed by atoms with Gasteiger partial charge in [0.15, 0.2) is 0 Å². The van der Waals surface area contributed by atoms with Crippen LogP contribution in [0.25, 0.3) is 0 Å². The van der Waals surface area contributed by atoms with Crippen molar-refractivity contribution in [1.29, 1.82) is 0 Å². The molecule has 4 unspecified atom stereocenters. The molecule has 2 aliphatic carbocycles. The highest BCUT2D eigenvalue weighted by molar-refractivity contribution is 5.80. The predicted molar refractivity (Wildman–Crippen MR) is 58.2 cm³/mol. The van der Waals surface area contributed by atoms with Crippen LogP contribution in [0.4, 0.5) is 0 Å². The lowest BCUT2D eigenvalue weighted by atomic mass is 9.92. The Hall–Kier alpha value is -0.830. The summed E-state index contributed by atoms with van der Waals surface area (Å²) in [7, 11) is 1.79. The molecule has 0 aromatic rings. The van der Waals surface area contributed by atoms with Gasteiger partial charge in [-0.05, 0) is 31.6 Å². The molecule has 0 spiro atoms. The number of hydrogen-bond acceptors (Lipinski definition) is 2. The number of amides is 1. The quantitative estimate of drug-likeness (QED) is 0.705. The number of carbonyl (C=O) groups excluding carboxylic acids is 1. The molecule has 3 heteroatoms. The van der Waals surface area contributed by atoms with Gasteiger partial charge in [-0.1, -0.05) is 12.2 Å². The van der Waals surface area contributed by atoms with Gasteiger partial charge < -0.3 is 10.0 Å². The molecule has 3 nitrogen and oxygen atoms in total. The van der Waals surface area contributed by atoms with E-state index in [1.165, 1.54) is 0 Å². The molecule has 2 rings (SSSR count). The number of allylic oxidation sites excluding steroid dienone is 2. The van der Waals surface area contributed by atoms with E-state index in [2.05, 4.69) is 12.2 Å². The molecule has 1 amide bonds. The average molecular weight is 209 g/mol. The monoisotopic (exact) mass is 209 g/mol. The first-order chi connectivity index (χ1) is 7.13. The topological polar surface area (TPSA) is 40.5 Å². The number of fused-ring (bicyclic) bond motifs is 2. The lowest BCUT2D eigenvalue weighted by molar-refractivity contribution is -0.137. The fourth-order valence-electron chi connectivity index (χ4n) is 2.67. The van der Waals surface area contributed by atoms with Gasteiger partial charge in [-0.2, -0.15) is 0 Å². The summed E-state index contributed by atoms with van der Waals surface area (Å²) >= 11 is 0. The van der Waals surface area contributed by atoms with Crippen LogP contribution in [0.2, 0.25) is 0 Å². The van der Waals surface area contributed by atoms with E-state index in [9.17, 15) is 4.79 Å². The Morgan fingerprint density at radius 2 is 2.27 bits per heavy atom. The second-order valence-electron chi connectivity index (χ2n) is 4.87. The lowest BCUT2D eigenvalue weighted by Gasteiger charge is -2.28. The summed E-state index contributed by atoms with van der Waals surface area (Å²) in [5, 5.41) is 9.02. The first-order valence-corrected chi connectivity index (χ1v) is 5.69. The number of aliphatic hydroxyl groups is 1. The first-order valence-electron chi connectivity index (χ1n) is 5.69. The van der Waals surface area contributed by atoms with Crippen LogP contribution in [0.1, 0.15) is 19.8 Å². The molecule has 4 atom stereocenters. The van der Waals surface area contributed by atoms with E-state index < -0.39 is 0 Å². The van der Waals surface area contributed by atoms with Crippen LogP contribution < -0.4 is 0 Å². The molecular weight excluding hydrogens is 190 g/mol. The highest BCUT2D eigenvalue weighted by Crippen LogP contribution is 2.44. The number of rotatable bonds is 3. The smallest absolute Gasteiger partial charge is 0.226 e. The minimum Gasteiger partial charge on any atom is -0.394 e. The van der Waals surface area contributed by atoms with Gasteiger partial charge in [-0.3, -0.25) is 4.79 Å². The third-order valence-corrected chi connectivity index (χ3v) is 3.87. The Labute approximate surface area is 90.8 Å². The van der Waals surface area contributed by atoms with Crippen molar-refractivity contribution in [1.82, 2.24) is 4.90 Å². The third-order valence-electron chi connectivity index (χ3n) is 3.87. The van der Waals surface area contributed by atoms with Crippen molar-refractivity contribution in [2.75, 3.05) is 13.7 Å². The zero-order valence-electron chi connectivity index (χ0n) is 9.39. The molecule has 15 heavy (non-hydrogen) atoms. The minimum absolute atomic E-state index is 0.0406. The van der Waals surface area contributed by atoms with Crippen molar-refractivity contribution in [3.05, 3.63) is 12.2 Å². The Bertz CT molecular complexity index is 287.